The van der Waals surface area contributed by atoms with Crippen molar-refractivity contribution >= 4 is 11.7 Å². The van der Waals surface area contributed by atoms with Crippen LogP contribution in [0.4, 0.5) is 5.82 Å². The van der Waals surface area contributed by atoms with E-state index in [1.807, 2.05) is 17.9 Å². The highest BCUT2D eigenvalue weighted by atomic mass is 16.2. The number of carbonyl (C=O) groups excluding carboxylic acids is 1. The Balaban J connectivity index is 1.81. The van der Waals surface area contributed by atoms with Crippen molar-refractivity contribution in [2.24, 2.45) is 5.92 Å². The molecule has 0 radical (unpaired) electrons. The third kappa shape index (κ3) is 3.39. The van der Waals surface area contributed by atoms with Crippen LogP contribution in [0.3, 0.4) is 0 Å². The maximum atomic E-state index is 12.7. The first-order chi connectivity index (χ1) is 10.6. The molecule has 2 fully saturated rings. The van der Waals surface area contributed by atoms with E-state index in [1.54, 1.807) is 0 Å². The molecule has 0 unspecified atom stereocenters. The minimum absolute atomic E-state index is 0.0662. The number of rotatable bonds is 2. The number of aryl methyl sites for hydroxylation is 1. The zero-order chi connectivity index (χ0) is 15.5. The lowest BCUT2D eigenvalue weighted by Gasteiger charge is -2.32. The molecule has 3 heterocycles. The van der Waals surface area contributed by atoms with E-state index in [0.29, 0.717) is 17.4 Å². The zero-order valence-corrected chi connectivity index (χ0v) is 13.7. The predicted octanol–water partition coefficient (Wildman–Crippen LogP) is 2.65. The molecule has 1 aromatic heterocycles. The van der Waals surface area contributed by atoms with Crippen LogP contribution in [0.1, 0.15) is 55.3 Å². The van der Waals surface area contributed by atoms with E-state index in [4.69, 9.17) is 0 Å². The number of piperidine rings is 2. The molecule has 0 aliphatic carbocycles. The van der Waals surface area contributed by atoms with Gasteiger partial charge in [-0.2, -0.15) is 0 Å². The van der Waals surface area contributed by atoms with Crippen LogP contribution in [-0.2, 0) is 0 Å². The maximum Gasteiger partial charge on any atom is 0.272 e. The van der Waals surface area contributed by atoms with Crippen molar-refractivity contribution in [3.8, 4) is 0 Å². The third-order valence-electron chi connectivity index (χ3n) is 4.67. The number of hydrogen-bond donors (Lipinski definition) is 0. The molecule has 120 valence electrons. The van der Waals surface area contributed by atoms with Crippen molar-refractivity contribution in [2.45, 2.75) is 46.0 Å². The third-order valence-corrected chi connectivity index (χ3v) is 4.67. The second-order valence-electron chi connectivity index (χ2n) is 6.70. The summed E-state index contributed by atoms with van der Waals surface area (Å²) >= 11 is 0. The number of likely N-dealkylation sites (tertiary alicyclic amines) is 1. The molecular weight excluding hydrogens is 276 g/mol. The second-order valence-corrected chi connectivity index (χ2v) is 6.70. The predicted molar refractivity (Wildman–Crippen MR) is 87.1 cm³/mol. The Morgan fingerprint density at radius 2 is 1.91 bits per heavy atom. The summed E-state index contributed by atoms with van der Waals surface area (Å²) in [6, 6.07) is 1.89. The maximum absolute atomic E-state index is 12.7. The van der Waals surface area contributed by atoms with Gasteiger partial charge in [0.1, 0.15) is 17.3 Å². The van der Waals surface area contributed by atoms with Gasteiger partial charge in [0.25, 0.3) is 5.91 Å². The Morgan fingerprint density at radius 3 is 2.64 bits per heavy atom. The molecule has 22 heavy (non-hydrogen) atoms. The van der Waals surface area contributed by atoms with E-state index in [2.05, 4.69) is 21.8 Å². The van der Waals surface area contributed by atoms with Crippen LogP contribution in [0.25, 0.3) is 0 Å². The van der Waals surface area contributed by atoms with Gasteiger partial charge in [-0.1, -0.05) is 6.92 Å². The topological polar surface area (TPSA) is 49.3 Å². The molecule has 2 saturated heterocycles. The van der Waals surface area contributed by atoms with Crippen molar-refractivity contribution in [1.29, 1.82) is 0 Å². The lowest BCUT2D eigenvalue weighted by atomic mass is 10.0. The van der Waals surface area contributed by atoms with Gasteiger partial charge in [0.05, 0.1) is 0 Å². The van der Waals surface area contributed by atoms with E-state index in [0.717, 1.165) is 44.8 Å². The fourth-order valence-corrected chi connectivity index (χ4v) is 3.48. The first-order valence-electron chi connectivity index (χ1n) is 8.53. The molecule has 0 N–H and O–H groups in total. The number of carbonyl (C=O) groups is 1. The van der Waals surface area contributed by atoms with Gasteiger partial charge in [-0.05, 0) is 44.9 Å². The first kappa shape index (κ1) is 15.3. The summed E-state index contributed by atoms with van der Waals surface area (Å²) in [6.07, 6.45) is 5.90. The molecule has 5 nitrogen and oxygen atoms in total. The molecule has 0 aromatic carbocycles. The lowest BCUT2D eigenvalue weighted by molar-refractivity contribution is 0.0718. The molecule has 5 heteroatoms. The monoisotopic (exact) mass is 302 g/mol. The van der Waals surface area contributed by atoms with Gasteiger partial charge in [0.2, 0.25) is 0 Å². The van der Waals surface area contributed by atoms with Gasteiger partial charge in [0, 0.05) is 32.2 Å². The van der Waals surface area contributed by atoms with Crippen molar-refractivity contribution in [3.63, 3.8) is 0 Å². The molecule has 2 aliphatic heterocycles. The molecule has 0 spiro atoms. The quantitative estimate of drug-likeness (QED) is 0.842. The molecule has 2 aliphatic rings. The molecule has 1 aromatic rings. The average Bonchev–Trinajstić information content (AvgIpc) is 2.54. The normalized spacial score (nSPS) is 22.7. The van der Waals surface area contributed by atoms with Gasteiger partial charge in [0.15, 0.2) is 0 Å². The molecule has 0 saturated carbocycles. The van der Waals surface area contributed by atoms with Gasteiger partial charge < -0.3 is 9.80 Å². The largest absolute Gasteiger partial charge is 0.356 e. The highest BCUT2D eigenvalue weighted by Gasteiger charge is 2.23. The Bertz CT molecular complexity index is 539. The van der Waals surface area contributed by atoms with Crippen molar-refractivity contribution < 1.29 is 4.79 Å². The number of hydrogen-bond acceptors (Lipinski definition) is 4. The summed E-state index contributed by atoms with van der Waals surface area (Å²) < 4.78 is 0. The lowest BCUT2D eigenvalue weighted by Crippen LogP contribution is -2.37. The minimum atomic E-state index is 0.0662. The van der Waals surface area contributed by atoms with Crippen LogP contribution in [0.15, 0.2) is 6.07 Å². The molecule has 1 amide bonds. The van der Waals surface area contributed by atoms with Crippen LogP contribution in [0.5, 0.6) is 0 Å². The minimum Gasteiger partial charge on any atom is -0.356 e. The summed E-state index contributed by atoms with van der Waals surface area (Å²) in [4.78, 5) is 25.9. The van der Waals surface area contributed by atoms with Crippen LogP contribution in [-0.4, -0.2) is 47.0 Å². The SMILES string of the molecule is Cc1nc(C(=O)N2CCCCC2)cc(N2CCC[C@H](C)C2)n1. The number of nitrogens with zero attached hydrogens (tertiary/aromatic N) is 4. The van der Waals surface area contributed by atoms with Crippen molar-refractivity contribution in [1.82, 2.24) is 14.9 Å². The van der Waals surface area contributed by atoms with Crippen molar-refractivity contribution in [2.75, 3.05) is 31.1 Å². The Labute approximate surface area is 132 Å². The summed E-state index contributed by atoms with van der Waals surface area (Å²) in [7, 11) is 0. The fourth-order valence-electron chi connectivity index (χ4n) is 3.48. The second kappa shape index (κ2) is 6.63. The van der Waals surface area contributed by atoms with E-state index in [-0.39, 0.29) is 5.91 Å². The summed E-state index contributed by atoms with van der Waals surface area (Å²) in [6.45, 7) is 7.92. The van der Waals surface area contributed by atoms with Gasteiger partial charge in [-0.25, -0.2) is 9.97 Å². The summed E-state index contributed by atoms with van der Waals surface area (Å²) in [5, 5.41) is 0. The van der Waals surface area contributed by atoms with Gasteiger partial charge >= 0.3 is 0 Å². The fraction of sp³-hybridized carbons (Fsp3) is 0.706. The van der Waals surface area contributed by atoms with E-state index in [9.17, 15) is 4.79 Å². The number of aromatic nitrogens is 2. The first-order valence-corrected chi connectivity index (χ1v) is 8.53. The van der Waals surface area contributed by atoms with E-state index >= 15 is 0 Å². The standard InChI is InChI=1S/C17H26N4O/c1-13-7-6-10-21(12-13)16-11-15(18-14(2)19-16)17(22)20-8-4-3-5-9-20/h11,13H,3-10,12H2,1-2H3/t13-/m0/s1. The highest BCUT2D eigenvalue weighted by Crippen LogP contribution is 2.22. The smallest absolute Gasteiger partial charge is 0.272 e. The number of amides is 1. The van der Waals surface area contributed by atoms with Crippen LogP contribution in [0, 0.1) is 12.8 Å². The van der Waals surface area contributed by atoms with E-state index < -0.39 is 0 Å². The summed E-state index contributed by atoms with van der Waals surface area (Å²) in [5.41, 5.74) is 0.558. The Morgan fingerprint density at radius 1 is 1.14 bits per heavy atom. The van der Waals surface area contributed by atoms with Crippen LogP contribution < -0.4 is 4.90 Å². The highest BCUT2D eigenvalue weighted by molar-refractivity contribution is 5.93. The number of anilines is 1. The zero-order valence-electron chi connectivity index (χ0n) is 13.7. The Hall–Kier alpha value is -1.65. The Kier molecular flexibility index (Phi) is 4.60. The molecule has 0 bridgehead atoms. The molecular formula is C17H26N4O. The summed E-state index contributed by atoms with van der Waals surface area (Å²) in [5.74, 6) is 2.36. The van der Waals surface area contributed by atoms with Gasteiger partial charge in [-0.3, -0.25) is 4.79 Å². The van der Waals surface area contributed by atoms with Crippen molar-refractivity contribution in [3.05, 3.63) is 17.6 Å². The molecule has 1 atom stereocenters. The average molecular weight is 302 g/mol. The van der Waals surface area contributed by atoms with E-state index in [1.165, 1.54) is 19.3 Å². The molecule has 3 rings (SSSR count). The van der Waals surface area contributed by atoms with Gasteiger partial charge in [-0.15, -0.1) is 0 Å². The van der Waals surface area contributed by atoms with Crippen LogP contribution >= 0.6 is 0 Å². The van der Waals surface area contributed by atoms with Crippen LogP contribution in [0.2, 0.25) is 0 Å².